The normalized spacial score (nSPS) is 10.5. The summed E-state index contributed by atoms with van der Waals surface area (Å²) in [5.41, 5.74) is 1.25. The van der Waals surface area contributed by atoms with Crippen LogP contribution in [0.25, 0.3) is 0 Å². The second-order valence-electron chi connectivity index (χ2n) is 3.70. The molecule has 0 aliphatic rings. The van der Waals surface area contributed by atoms with E-state index in [1.165, 1.54) is 7.11 Å². The molecule has 0 saturated heterocycles. The zero-order valence-electron chi connectivity index (χ0n) is 10.6. The minimum Gasteiger partial charge on any atom is -0.464 e. The number of hydrogen-bond acceptors (Lipinski definition) is 5. The highest BCUT2D eigenvalue weighted by molar-refractivity contribution is 7.98. The molecule has 0 aliphatic carbocycles. The lowest BCUT2D eigenvalue weighted by Crippen LogP contribution is -2.10. The SMILES string of the molecule is CCCc1c(C(=O)OC)nnn1CCCSC. The molecule has 0 saturated carbocycles. The van der Waals surface area contributed by atoms with E-state index in [-0.39, 0.29) is 0 Å². The molecule has 5 nitrogen and oxygen atoms in total. The van der Waals surface area contributed by atoms with E-state index < -0.39 is 5.97 Å². The smallest absolute Gasteiger partial charge is 0.360 e. The van der Waals surface area contributed by atoms with Crippen molar-refractivity contribution in [1.29, 1.82) is 0 Å². The monoisotopic (exact) mass is 257 g/mol. The van der Waals surface area contributed by atoms with Crippen LogP contribution >= 0.6 is 11.8 Å². The second kappa shape index (κ2) is 7.32. The highest BCUT2D eigenvalue weighted by Gasteiger charge is 2.19. The summed E-state index contributed by atoms with van der Waals surface area (Å²) in [5.74, 6) is 0.684. The molecule has 0 radical (unpaired) electrons. The van der Waals surface area contributed by atoms with Crippen molar-refractivity contribution in [3.8, 4) is 0 Å². The Kier molecular flexibility index (Phi) is 6.04. The molecule has 1 aromatic heterocycles. The molecular formula is C11H19N3O2S. The van der Waals surface area contributed by atoms with Crippen LogP contribution in [0.5, 0.6) is 0 Å². The van der Waals surface area contributed by atoms with Crippen LogP contribution in [0.3, 0.4) is 0 Å². The molecule has 1 aromatic rings. The van der Waals surface area contributed by atoms with E-state index in [2.05, 4.69) is 23.5 Å². The summed E-state index contributed by atoms with van der Waals surface area (Å²) in [6.07, 6.45) is 4.87. The van der Waals surface area contributed by atoms with E-state index in [4.69, 9.17) is 4.74 Å². The first-order valence-corrected chi connectivity index (χ1v) is 7.13. The van der Waals surface area contributed by atoms with Crippen LogP contribution in [-0.2, 0) is 17.7 Å². The number of ether oxygens (including phenoxy) is 1. The van der Waals surface area contributed by atoms with Crippen LogP contribution in [0.15, 0.2) is 0 Å². The summed E-state index contributed by atoms with van der Waals surface area (Å²) in [5, 5.41) is 7.95. The van der Waals surface area contributed by atoms with Gasteiger partial charge in [-0.05, 0) is 24.9 Å². The molecule has 0 bridgehead atoms. The van der Waals surface area contributed by atoms with Gasteiger partial charge in [-0.25, -0.2) is 9.48 Å². The van der Waals surface area contributed by atoms with Gasteiger partial charge in [-0.3, -0.25) is 0 Å². The van der Waals surface area contributed by atoms with Crippen molar-refractivity contribution >= 4 is 17.7 Å². The number of rotatable bonds is 7. The Bertz CT molecular complexity index is 366. The number of nitrogens with zero attached hydrogens (tertiary/aromatic N) is 3. The molecule has 0 amide bonds. The van der Waals surface area contributed by atoms with Crippen molar-refractivity contribution in [2.24, 2.45) is 0 Å². The maximum absolute atomic E-state index is 11.5. The number of esters is 1. The van der Waals surface area contributed by atoms with E-state index in [0.29, 0.717) is 5.69 Å². The fourth-order valence-corrected chi connectivity index (χ4v) is 2.03. The minimum atomic E-state index is -0.399. The van der Waals surface area contributed by atoms with E-state index in [9.17, 15) is 4.79 Å². The first-order chi connectivity index (χ1) is 8.24. The van der Waals surface area contributed by atoms with Crippen LogP contribution in [0.1, 0.15) is 35.9 Å². The standard InChI is InChI=1S/C11H19N3O2S/c1-4-6-9-10(11(15)16-2)12-13-14(9)7-5-8-17-3/h4-8H2,1-3H3. The van der Waals surface area contributed by atoms with Crippen molar-refractivity contribution in [1.82, 2.24) is 15.0 Å². The number of aryl methyl sites for hydroxylation is 1. The fourth-order valence-electron chi connectivity index (χ4n) is 1.61. The first kappa shape index (κ1) is 14.0. The van der Waals surface area contributed by atoms with Gasteiger partial charge in [0, 0.05) is 6.54 Å². The molecule has 17 heavy (non-hydrogen) atoms. The van der Waals surface area contributed by atoms with Crippen molar-refractivity contribution in [3.05, 3.63) is 11.4 Å². The van der Waals surface area contributed by atoms with E-state index in [1.807, 2.05) is 4.68 Å². The molecule has 0 fully saturated rings. The summed E-state index contributed by atoms with van der Waals surface area (Å²) in [4.78, 5) is 11.5. The molecule has 6 heteroatoms. The molecule has 0 unspecified atom stereocenters. The van der Waals surface area contributed by atoms with Crippen LogP contribution in [-0.4, -0.2) is 40.1 Å². The van der Waals surface area contributed by atoms with Crippen molar-refractivity contribution in [3.63, 3.8) is 0 Å². The number of thioether (sulfide) groups is 1. The summed E-state index contributed by atoms with van der Waals surface area (Å²) in [6.45, 7) is 2.88. The van der Waals surface area contributed by atoms with Gasteiger partial charge >= 0.3 is 5.97 Å². The average molecular weight is 257 g/mol. The number of methoxy groups -OCH3 is 1. The van der Waals surface area contributed by atoms with Crippen molar-refractivity contribution < 1.29 is 9.53 Å². The molecule has 0 spiro atoms. The van der Waals surface area contributed by atoms with Gasteiger partial charge in [-0.15, -0.1) is 5.10 Å². The third-order valence-electron chi connectivity index (χ3n) is 2.42. The van der Waals surface area contributed by atoms with Gasteiger partial charge in [0.15, 0.2) is 5.69 Å². The third kappa shape index (κ3) is 3.73. The molecule has 1 heterocycles. The first-order valence-electron chi connectivity index (χ1n) is 5.74. The minimum absolute atomic E-state index is 0.360. The summed E-state index contributed by atoms with van der Waals surface area (Å²) < 4.78 is 6.53. The van der Waals surface area contributed by atoms with Crippen molar-refractivity contribution in [2.75, 3.05) is 19.1 Å². The highest BCUT2D eigenvalue weighted by Crippen LogP contribution is 2.11. The maximum Gasteiger partial charge on any atom is 0.360 e. The quantitative estimate of drug-likeness (QED) is 0.550. The van der Waals surface area contributed by atoms with Crippen LogP contribution in [0, 0.1) is 0 Å². The third-order valence-corrected chi connectivity index (χ3v) is 3.12. The van der Waals surface area contributed by atoms with Gasteiger partial charge < -0.3 is 4.74 Å². The van der Waals surface area contributed by atoms with E-state index >= 15 is 0 Å². The average Bonchev–Trinajstić information content (AvgIpc) is 2.73. The Balaban J connectivity index is 2.82. The predicted octanol–water partition coefficient (Wildman–Crippen LogP) is 1.77. The van der Waals surface area contributed by atoms with Crippen LogP contribution in [0.4, 0.5) is 0 Å². The maximum atomic E-state index is 11.5. The summed E-state index contributed by atoms with van der Waals surface area (Å²) in [6, 6.07) is 0. The Labute approximate surface area is 106 Å². The molecule has 0 aromatic carbocycles. The molecule has 0 N–H and O–H groups in total. The molecule has 0 aliphatic heterocycles. The molecule has 0 atom stereocenters. The Morgan fingerprint density at radius 1 is 1.53 bits per heavy atom. The van der Waals surface area contributed by atoms with Gasteiger partial charge in [0.25, 0.3) is 0 Å². The van der Waals surface area contributed by atoms with Gasteiger partial charge in [-0.2, -0.15) is 11.8 Å². The Hall–Kier alpha value is -1.04. The number of aromatic nitrogens is 3. The zero-order chi connectivity index (χ0) is 12.7. The number of carbonyl (C=O) groups excluding carboxylic acids is 1. The lowest BCUT2D eigenvalue weighted by molar-refractivity contribution is 0.0592. The van der Waals surface area contributed by atoms with Gasteiger partial charge in [0.1, 0.15) is 0 Å². The van der Waals surface area contributed by atoms with E-state index in [1.54, 1.807) is 11.8 Å². The Morgan fingerprint density at radius 3 is 2.88 bits per heavy atom. The van der Waals surface area contributed by atoms with Gasteiger partial charge in [0.05, 0.1) is 12.8 Å². The number of hydrogen-bond donors (Lipinski definition) is 0. The van der Waals surface area contributed by atoms with Gasteiger partial charge in [-0.1, -0.05) is 18.6 Å². The van der Waals surface area contributed by atoms with Gasteiger partial charge in [0.2, 0.25) is 0 Å². The van der Waals surface area contributed by atoms with Crippen LogP contribution in [0.2, 0.25) is 0 Å². The molecular weight excluding hydrogens is 238 g/mol. The fraction of sp³-hybridized carbons (Fsp3) is 0.727. The lowest BCUT2D eigenvalue weighted by Gasteiger charge is -2.05. The lowest BCUT2D eigenvalue weighted by atomic mass is 10.2. The highest BCUT2D eigenvalue weighted by atomic mass is 32.2. The zero-order valence-corrected chi connectivity index (χ0v) is 11.4. The van der Waals surface area contributed by atoms with Crippen molar-refractivity contribution in [2.45, 2.75) is 32.7 Å². The topological polar surface area (TPSA) is 57.0 Å². The Morgan fingerprint density at radius 2 is 2.29 bits per heavy atom. The molecule has 1 rings (SSSR count). The number of carbonyl (C=O) groups is 1. The second-order valence-corrected chi connectivity index (χ2v) is 4.68. The molecule has 96 valence electrons. The van der Waals surface area contributed by atoms with Crippen LogP contribution < -0.4 is 0 Å². The van der Waals surface area contributed by atoms with E-state index in [0.717, 1.165) is 37.3 Å². The largest absolute Gasteiger partial charge is 0.464 e. The summed E-state index contributed by atoms with van der Waals surface area (Å²) in [7, 11) is 1.37. The predicted molar refractivity (Wildman–Crippen MR) is 68.4 cm³/mol. The summed E-state index contributed by atoms with van der Waals surface area (Å²) >= 11 is 1.80.